The van der Waals surface area contributed by atoms with Crippen molar-refractivity contribution in [2.45, 2.75) is 13.3 Å². The molecule has 0 atom stereocenters. The molecule has 1 aromatic rings. The van der Waals surface area contributed by atoms with E-state index in [2.05, 4.69) is 33.8 Å². The lowest BCUT2D eigenvalue weighted by Crippen LogP contribution is -2.29. The zero-order valence-electron chi connectivity index (χ0n) is 9.61. The van der Waals surface area contributed by atoms with E-state index < -0.39 is 5.97 Å². The first kappa shape index (κ1) is 12.2. The SMILES string of the molecule is CC1=CCCN(c2cc(Br)cc(C(=O)O)c2)C1. The highest BCUT2D eigenvalue weighted by atomic mass is 79.9. The summed E-state index contributed by atoms with van der Waals surface area (Å²) in [6.07, 6.45) is 3.24. The van der Waals surface area contributed by atoms with Crippen LogP contribution in [0.25, 0.3) is 0 Å². The Hall–Kier alpha value is -1.29. The van der Waals surface area contributed by atoms with Crippen LogP contribution in [0.15, 0.2) is 34.3 Å². The minimum Gasteiger partial charge on any atom is -0.478 e. The molecule has 0 fully saturated rings. The van der Waals surface area contributed by atoms with E-state index >= 15 is 0 Å². The molecule has 0 radical (unpaired) electrons. The molecule has 1 aliphatic rings. The van der Waals surface area contributed by atoms with Gasteiger partial charge in [-0.1, -0.05) is 27.6 Å². The molecule has 0 aromatic heterocycles. The Kier molecular flexibility index (Phi) is 3.52. The molecule has 0 saturated carbocycles. The second-order valence-corrected chi connectivity index (χ2v) is 5.18. The molecule has 0 aliphatic carbocycles. The van der Waals surface area contributed by atoms with Gasteiger partial charge in [0.25, 0.3) is 0 Å². The van der Waals surface area contributed by atoms with Gasteiger partial charge in [0.05, 0.1) is 5.56 Å². The van der Waals surface area contributed by atoms with E-state index in [0.29, 0.717) is 5.56 Å². The number of carboxylic acids is 1. The van der Waals surface area contributed by atoms with Crippen LogP contribution < -0.4 is 4.90 Å². The Morgan fingerprint density at radius 1 is 1.41 bits per heavy atom. The van der Waals surface area contributed by atoms with Crippen molar-refractivity contribution in [3.05, 3.63) is 39.9 Å². The van der Waals surface area contributed by atoms with Crippen LogP contribution in [0.2, 0.25) is 0 Å². The fraction of sp³-hybridized carbons (Fsp3) is 0.308. The molecule has 4 heteroatoms. The predicted molar refractivity (Wildman–Crippen MR) is 71.7 cm³/mol. The van der Waals surface area contributed by atoms with E-state index in [1.807, 2.05) is 6.07 Å². The van der Waals surface area contributed by atoms with Gasteiger partial charge in [-0.3, -0.25) is 0 Å². The number of carboxylic acid groups (broad SMARTS) is 1. The minimum absolute atomic E-state index is 0.321. The van der Waals surface area contributed by atoms with Gasteiger partial charge in [-0.2, -0.15) is 0 Å². The highest BCUT2D eigenvalue weighted by molar-refractivity contribution is 9.10. The molecule has 1 heterocycles. The van der Waals surface area contributed by atoms with E-state index in [9.17, 15) is 4.79 Å². The molecule has 3 nitrogen and oxygen atoms in total. The Labute approximate surface area is 109 Å². The summed E-state index contributed by atoms with van der Waals surface area (Å²) in [4.78, 5) is 13.2. The lowest BCUT2D eigenvalue weighted by atomic mass is 10.1. The number of anilines is 1. The van der Waals surface area contributed by atoms with Gasteiger partial charge in [0.2, 0.25) is 0 Å². The predicted octanol–water partition coefficient (Wildman–Crippen LogP) is 3.30. The van der Waals surface area contributed by atoms with Crippen LogP contribution >= 0.6 is 15.9 Å². The number of halogens is 1. The summed E-state index contributed by atoms with van der Waals surface area (Å²) in [6, 6.07) is 5.31. The van der Waals surface area contributed by atoms with Crippen molar-refractivity contribution in [2.75, 3.05) is 18.0 Å². The Balaban J connectivity index is 2.32. The normalized spacial score (nSPS) is 15.6. The van der Waals surface area contributed by atoms with Gasteiger partial charge in [0, 0.05) is 23.2 Å². The van der Waals surface area contributed by atoms with E-state index in [1.165, 1.54) is 5.57 Å². The molecule has 0 amide bonds. The molecule has 0 saturated heterocycles. The summed E-state index contributed by atoms with van der Waals surface area (Å²) in [7, 11) is 0. The number of rotatable bonds is 2. The summed E-state index contributed by atoms with van der Waals surface area (Å²) in [6.45, 7) is 3.91. The van der Waals surface area contributed by atoms with Crippen LogP contribution in [-0.4, -0.2) is 24.2 Å². The number of carbonyl (C=O) groups is 1. The summed E-state index contributed by atoms with van der Waals surface area (Å²) in [5.41, 5.74) is 2.61. The average Bonchev–Trinajstić information content (AvgIpc) is 2.28. The standard InChI is InChI=1S/C13H14BrNO2/c1-9-3-2-4-15(8-9)12-6-10(13(16)17)5-11(14)7-12/h3,5-7H,2,4,8H2,1H3,(H,16,17). The van der Waals surface area contributed by atoms with Crippen molar-refractivity contribution >= 4 is 27.6 Å². The van der Waals surface area contributed by atoms with Crippen LogP contribution in [0.4, 0.5) is 5.69 Å². The quantitative estimate of drug-likeness (QED) is 0.851. The van der Waals surface area contributed by atoms with Crippen LogP contribution in [0, 0.1) is 0 Å². The number of aromatic carboxylic acids is 1. The maximum atomic E-state index is 11.0. The fourth-order valence-electron chi connectivity index (χ4n) is 2.01. The highest BCUT2D eigenvalue weighted by Crippen LogP contribution is 2.25. The van der Waals surface area contributed by atoms with Crippen LogP contribution in [0.3, 0.4) is 0 Å². The van der Waals surface area contributed by atoms with Gasteiger partial charge >= 0.3 is 5.97 Å². The molecule has 2 rings (SSSR count). The largest absolute Gasteiger partial charge is 0.478 e. The lowest BCUT2D eigenvalue weighted by molar-refractivity contribution is 0.0697. The monoisotopic (exact) mass is 295 g/mol. The molecule has 1 aromatic carbocycles. The van der Waals surface area contributed by atoms with E-state index in [-0.39, 0.29) is 0 Å². The molecule has 1 aliphatic heterocycles. The van der Waals surface area contributed by atoms with Crippen LogP contribution in [-0.2, 0) is 0 Å². The molecule has 0 spiro atoms. The third kappa shape index (κ3) is 2.88. The molecule has 0 unspecified atom stereocenters. The summed E-state index contributed by atoms with van der Waals surface area (Å²) in [5.74, 6) is -0.892. The van der Waals surface area contributed by atoms with Crippen molar-refractivity contribution in [2.24, 2.45) is 0 Å². The van der Waals surface area contributed by atoms with E-state index in [4.69, 9.17) is 5.11 Å². The third-order valence-corrected chi connectivity index (χ3v) is 3.28. The van der Waals surface area contributed by atoms with Crippen molar-refractivity contribution in [3.63, 3.8) is 0 Å². The topological polar surface area (TPSA) is 40.5 Å². The van der Waals surface area contributed by atoms with E-state index in [1.54, 1.807) is 12.1 Å². The van der Waals surface area contributed by atoms with Crippen LogP contribution in [0.1, 0.15) is 23.7 Å². The van der Waals surface area contributed by atoms with Crippen molar-refractivity contribution in [1.82, 2.24) is 0 Å². The molecule has 17 heavy (non-hydrogen) atoms. The van der Waals surface area contributed by atoms with Crippen molar-refractivity contribution in [3.8, 4) is 0 Å². The maximum absolute atomic E-state index is 11.0. The number of hydrogen-bond donors (Lipinski definition) is 1. The van der Waals surface area contributed by atoms with Gasteiger partial charge in [-0.05, 0) is 31.5 Å². The Morgan fingerprint density at radius 3 is 2.82 bits per heavy atom. The summed E-state index contributed by atoms with van der Waals surface area (Å²) < 4.78 is 0.805. The third-order valence-electron chi connectivity index (χ3n) is 2.83. The molecule has 90 valence electrons. The smallest absolute Gasteiger partial charge is 0.335 e. The lowest BCUT2D eigenvalue weighted by Gasteiger charge is -2.28. The second-order valence-electron chi connectivity index (χ2n) is 4.26. The maximum Gasteiger partial charge on any atom is 0.335 e. The highest BCUT2D eigenvalue weighted by Gasteiger charge is 2.13. The molecular formula is C13H14BrNO2. The average molecular weight is 296 g/mol. The van der Waals surface area contributed by atoms with Gasteiger partial charge in [0.1, 0.15) is 0 Å². The number of benzene rings is 1. The van der Waals surface area contributed by atoms with Crippen LogP contribution in [0.5, 0.6) is 0 Å². The number of hydrogen-bond acceptors (Lipinski definition) is 2. The Morgan fingerprint density at radius 2 is 2.18 bits per heavy atom. The minimum atomic E-state index is -0.892. The Bertz CT molecular complexity index is 482. The van der Waals surface area contributed by atoms with Gasteiger partial charge in [0.15, 0.2) is 0 Å². The molecular weight excluding hydrogens is 282 g/mol. The first-order valence-electron chi connectivity index (χ1n) is 5.51. The summed E-state index contributed by atoms with van der Waals surface area (Å²) >= 11 is 3.36. The first-order chi connectivity index (χ1) is 8.06. The first-order valence-corrected chi connectivity index (χ1v) is 6.30. The zero-order valence-corrected chi connectivity index (χ0v) is 11.2. The molecule has 0 bridgehead atoms. The van der Waals surface area contributed by atoms with Gasteiger partial charge in [-0.25, -0.2) is 4.79 Å². The summed E-state index contributed by atoms with van der Waals surface area (Å²) in [5, 5.41) is 9.03. The number of nitrogens with zero attached hydrogens (tertiary/aromatic N) is 1. The van der Waals surface area contributed by atoms with Gasteiger partial charge < -0.3 is 10.0 Å². The fourth-order valence-corrected chi connectivity index (χ4v) is 2.49. The van der Waals surface area contributed by atoms with Gasteiger partial charge in [-0.15, -0.1) is 0 Å². The van der Waals surface area contributed by atoms with Crippen molar-refractivity contribution < 1.29 is 9.90 Å². The molecule has 1 N–H and O–H groups in total. The second kappa shape index (κ2) is 4.92. The van der Waals surface area contributed by atoms with E-state index in [0.717, 1.165) is 29.7 Å². The van der Waals surface area contributed by atoms with Crippen molar-refractivity contribution in [1.29, 1.82) is 0 Å². The zero-order chi connectivity index (χ0) is 12.4.